The van der Waals surface area contributed by atoms with Gasteiger partial charge in [0.25, 0.3) is 0 Å². The minimum Gasteiger partial charge on any atom is -0.140 e. The van der Waals surface area contributed by atoms with Gasteiger partial charge in [-0.3, -0.25) is 0 Å². The van der Waals surface area contributed by atoms with Crippen molar-refractivity contribution in [3.63, 3.8) is 0 Å². The summed E-state index contributed by atoms with van der Waals surface area (Å²) in [7, 11) is 1.90. The van der Waals surface area contributed by atoms with Crippen molar-refractivity contribution in [1.29, 1.82) is 0 Å². The van der Waals surface area contributed by atoms with Gasteiger partial charge >= 0.3 is 0 Å². The molecule has 0 aliphatic rings. The van der Waals surface area contributed by atoms with Gasteiger partial charge in [-0.25, -0.2) is 0 Å². The van der Waals surface area contributed by atoms with Crippen LogP contribution in [0.1, 0.15) is 0 Å². The molecule has 0 radical (unpaired) electrons. The molecule has 0 aromatic carbocycles. The molecule has 0 N–H and O–H groups in total. The zero-order valence-corrected chi connectivity index (χ0v) is 9.08. The molecule has 2 aromatic heterocycles. The average Bonchev–Trinajstić information content (AvgIpc) is 2.67. The molecule has 60 valence electrons. The molecule has 0 fully saturated rings. The first-order chi connectivity index (χ1) is 5.00. The van der Waals surface area contributed by atoms with Gasteiger partial charge in [-0.15, -0.1) is 16.4 Å². The molecule has 0 amide bonds. The Morgan fingerprint density at radius 3 is 0.909 bits per heavy atom. The van der Waals surface area contributed by atoms with E-state index in [9.17, 15) is 0 Å². The van der Waals surface area contributed by atoms with Crippen LogP contribution in [-0.2, 0) is 17.1 Å². The van der Waals surface area contributed by atoms with E-state index < -0.39 is 0 Å². The van der Waals surface area contributed by atoms with Gasteiger partial charge in [-0.1, -0.05) is 24.3 Å². The zero-order chi connectivity index (χ0) is 7.07. The predicted molar refractivity (Wildman–Crippen MR) is 51.9 cm³/mol. The van der Waals surface area contributed by atoms with Crippen LogP contribution in [0, 0.1) is 0 Å². The van der Waals surface area contributed by atoms with Gasteiger partial charge in [0, 0.05) is 17.1 Å². The smallest absolute Gasteiger partial charge is 0 e. The van der Waals surface area contributed by atoms with Crippen LogP contribution >= 0.6 is 16.4 Å². The molecule has 0 unspecified atom stereocenters. The van der Waals surface area contributed by atoms with Gasteiger partial charge in [0.15, 0.2) is 0 Å². The summed E-state index contributed by atoms with van der Waals surface area (Å²) in [5.74, 6) is 8.61. The van der Waals surface area contributed by atoms with Crippen LogP contribution in [0.2, 0.25) is 0 Å². The second kappa shape index (κ2) is 8.18. The zero-order valence-electron chi connectivity index (χ0n) is 5.97. The topological polar surface area (TPSA) is 0 Å². The van der Waals surface area contributed by atoms with Crippen LogP contribution in [0.25, 0.3) is 0 Å². The molecule has 0 saturated heterocycles. The molecule has 0 saturated carbocycles. The summed E-state index contributed by atoms with van der Waals surface area (Å²) in [5.41, 5.74) is 0. The van der Waals surface area contributed by atoms with Gasteiger partial charge in [-0.2, -0.15) is 0 Å². The maximum absolute atomic E-state index is 2.15. The molecule has 2 rings (SSSR count). The molecular formula is C8H10FeP2. The molecule has 0 bridgehead atoms. The van der Waals surface area contributed by atoms with Crippen LogP contribution in [0.5, 0.6) is 0 Å². The molecule has 11 heavy (non-hydrogen) atoms. The van der Waals surface area contributed by atoms with Gasteiger partial charge < -0.3 is 0 Å². The molecule has 3 heteroatoms. The molecule has 0 aliphatic carbocycles. The molecular weight excluding hydrogens is 214 g/mol. The van der Waals surface area contributed by atoms with Crippen molar-refractivity contribution in [2.24, 2.45) is 0 Å². The van der Waals surface area contributed by atoms with Gasteiger partial charge in [-0.05, 0) is 23.2 Å². The Kier molecular flexibility index (Phi) is 8.24. The van der Waals surface area contributed by atoms with Gasteiger partial charge in [0.05, 0.1) is 0 Å². The van der Waals surface area contributed by atoms with E-state index in [-0.39, 0.29) is 17.1 Å². The van der Waals surface area contributed by atoms with E-state index in [1.54, 1.807) is 0 Å². The van der Waals surface area contributed by atoms with E-state index in [2.05, 4.69) is 47.5 Å². The first-order valence-corrected chi connectivity index (χ1v) is 5.46. The summed E-state index contributed by atoms with van der Waals surface area (Å²) in [5, 5.41) is 0. The van der Waals surface area contributed by atoms with Crippen molar-refractivity contribution >= 4 is 16.4 Å². The molecule has 2 heterocycles. The maximum atomic E-state index is 2.15. The van der Waals surface area contributed by atoms with E-state index in [0.717, 1.165) is 16.4 Å². The Bertz CT molecular complexity index is 151. The quantitative estimate of drug-likeness (QED) is 0.601. The second-order valence-corrected chi connectivity index (χ2v) is 3.77. The summed E-state index contributed by atoms with van der Waals surface area (Å²) in [4.78, 5) is 0. The van der Waals surface area contributed by atoms with Crippen molar-refractivity contribution < 1.29 is 17.1 Å². The standard InChI is InChI=1S/2C4H5P.Fe/c2*1-2-4-5-3-1;/h2*1-5H;. The SMILES string of the molecule is [Fe].c1cc[pH]c1.c1cc[pH]c1. The third-order valence-corrected chi connectivity index (χ3v) is 2.53. The monoisotopic (exact) mass is 224 g/mol. The Labute approximate surface area is 81.1 Å². The van der Waals surface area contributed by atoms with E-state index in [4.69, 9.17) is 0 Å². The number of hydrogen-bond donors (Lipinski definition) is 0. The van der Waals surface area contributed by atoms with Crippen LogP contribution in [0.3, 0.4) is 0 Å². The third kappa shape index (κ3) is 6.48. The molecule has 0 nitrogen and oxygen atoms in total. The van der Waals surface area contributed by atoms with E-state index in [1.165, 1.54) is 0 Å². The Hall–Kier alpha value is 0.0795. The third-order valence-electron chi connectivity index (χ3n) is 0.992. The van der Waals surface area contributed by atoms with Crippen molar-refractivity contribution in [2.75, 3.05) is 0 Å². The summed E-state index contributed by atoms with van der Waals surface area (Å²) in [6.45, 7) is 0. The molecule has 0 aliphatic heterocycles. The first kappa shape index (κ1) is 11.1. The largest absolute Gasteiger partial charge is 0.140 e. The van der Waals surface area contributed by atoms with Crippen molar-refractivity contribution in [3.8, 4) is 0 Å². The van der Waals surface area contributed by atoms with Gasteiger partial charge in [0.1, 0.15) is 0 Å². The average molecular weight is 224 g/mol. The van der Waals surface area contributed by atoms with E-state index >= 15 is 0 Å². The van der Waals surface area contributed by atoms with Crippen LogP contribution in [0.15, 0.2) is 47.5 Å². The normalized spacial score (nSPS) is 7.27. The fraction of sp³-hybridized carbons (Fsp3) is 0. The van der Waals surface area contributed by atoms with Crippen molar-refractivity contribution in [2.45, 2.75) is 0 Å². The first-order valence-electron chi connectivity index (χ1n) is 3.15. The van der Waals surface area contributed by atoms with Gasteiger partial charge in [0.2, 0.25) is 0 Å². The number of hydrogen-bond acceptors (Lipinski definition) is 0. The minimum atomic E-state index is 0. The fourth-order valence-corrected chi connectivity index (χ4v) is 1.67. The Balaban J connectivity index is 0.000000167. The maximum Gasteiger partial charge on any atom is 0 e. The summed E-state index contributed by atoms with van der Waals surface area (Å²) in [6, 6.07) is 8.27. The van der Waals surface area contributed by atoms with Crippen LogP contribution < -0.4 is 0 Å². The molecule has 0 atom stereocenters. The fourth-order valence-electron chi connectivity index (χ4n) is 0.556. The Morgan fingerprint density at radius 1 is 0.545 bits per heavy atom. The van der Waals surface area contributed by atoms with E-state index in [0.29, 0.717) is 0 Å². The van der Waals surface area contributed by atoms with Crippen molar-refractivity contribution in [3.05, 3.63) is 47.5 Å². The summed E-state index contributed by atoms with van der Waals surface area (Å²) in [6.07, 6.45) is 0. The Morgan fingerprint density at radius 2 is 0.818 bits per heavy atom. The van der Waals surface area contributed by atoms with E-state index in [1.807, 2.05) is 0 Å². The van der Waals surface area contributed by atoms with Crippen molar-refractivity contribution in [1.82, 2.24) is 0 Å². The number of rotatable bonds is 0. The summed E-state index contributed by atoms with van der Waals surface area (Å²) < 4.78 is 0. The van der Waals surface area contributed by atoms with Crippen LogP contribution in [-0.4, -0.2) is 0 Å². The summed E-state index contributed by atoms with van der Waals surface area (Å²) >= 11 is 0. The molecule has 2 aromatic rings. The van der Waals surface area contributed by atoms with Crippen LogP contribution in [0.4, 0.5) is 0 Å². The predicted octanol–water partition coefficient (Wildman–Crippen LogP) is 3.43. The second-order valence-electron chi connectivity index (χ2n) is 1.77. The molecule has 0 spiro atoms. The minimum absolute atomic E-state index is 0.